The van der Waals surface area contributed by atoms with Crippen molar-refractivity contribution in [1.29, 1.82) is 0 Å². The molecular formula is C48H70N4O13Si2. The summed E-state index contributed by atoms with van der Waals surface area (Å²) >= 11 is 0. The van der Waals surface area contributed by atoms with Crippen molar-refractivity contribution in [2.24, 2.45) is 5.73 Å². The van der Waals surface area contributed by atoms with E-state index in [0.717, 1.165) is 22.6 Å². The summed E-state index contributed by atoms with van der Waals surface area (Å²) in [5, 5.41) is 61.6. The first kappa shape index (κ1) is 58.8. The van der Waals surface area contributed by atoms with Crippen molar-refractivity contribution in [3.8, 4) is 23.0 Å². The highest BCUT2D eigenvalue weighted by Crippen LogP contribution is 2.38. The maximum Gasteiger partial charge on any atom is 0.330 e. The van der Waals surface area contributed by atoms with E-state index in [-0.39, 0.29) is 21.6 Å². The van der Waals surface area contributed by atoms with Crippen LogP contribution in [0.5, 0.6) is 23.0 Å². The highest BCUT2D eigenvalue weighted by atomic mass is 28.4. The smallest absolute Gasteiger partial charge is 0.330 e. The maximum atomic E-state index is 11.1. The number of rotatable bonds is 15. The number of amides is 1. The average molecular weight is 967 g/mol. The van der Waals surface area contributed by atoms with Crippen molar-refractivity contribution >= 4 is 46.4 Å². The van der Waals surface area contributed by atoms with Gasteiger partial charge in [0.05, 0.1) is 0 Å². The molecule has 0 aliphatic heterocycles. The Morgan fingerprint density at radius 1 is 0.493 bits per heavy atom. The van der Waals surface area contributed by atoms with Crippen LogP contribution in [-0.2, 0) is 24.0 Å². The molecule has 11 N–H and O–H groups in total. The second kappa shape index (κ2) is 25.6. The van der Waals surface area contributed by atoms with Crippen LogP contribution in [0.1, 0.15) is 94.9 Å². The number of hydrogen-bond donors (Lipinski definition) is 10. The Kier molecular flexibility index (Phi) is 22.4. The number of carboxylic acid groups (broad SMARTS) is 4. The molecule has 1 amide bonds. The molecule has 0 aromatic heterocycles. The third kappa shape index (κ3) is 19.2. The molecule has 0 fully saturated rings. The molecule has 0 spiro atoms. The zero-order valence-corrected chi connectivity index (χ0v) is 42.7. The first-order valence-corrected chi connectivity index (χ1v) is 27.0. The van der Waals surface area contributed by atoms with Crippen LogP contribution in [0.3, 0.4) is 0 Å². The van der Waals surface area contributed by atoms with Gasteiger partial charge >= 0.3 is 23.9 Å². The second-order valence-corrected chi connectivity index (χ2v) is 27.9. The monoisotopic (exact) mass is 966 g/mol. The van der Waals surface area contributed by atoms with E-state index in [4.69, 9.17) is 45.2 Å². The van der Waals surface area contributed by atoms with Gasteiger partial charge in [-0.15, -0.1) is 0 Å². The van der Waals surface area contributed by atoms with Gasteiger partial charge in [-0.25, -0.2) is 4.79 Å². The van der Waals surface area contributed by atoms with E-state index in [2.05, 4.69) is 83.7 Å². The van der Waals surface area contributed by atoms with Gasteiger partial charge < -0.3 is 61.2 Å². The largest absolute Gasteiger partial charge is 0.544 e. The molecule has 4 rings (SSSR count). The van der Waals surface area contributed by atoms with Gasteiger partial charge in [0.25, 0.3) is 0 Å². The predicted molar refractivity (Wildman–Crippen MR) is 262 cm³/mol. The van der Waals surface area contributed by atoms with Gasteiger partial charge in [0.15, 0.2) is 6.04 Å². The summed E-state index contributed by atoms with van der Waals surface area (Å²) in [6.07, 6.45) is 0. The van der Waals surface area contributed by atoms with Crippen LogP contribution in [-0.4, -0.2) is 91.2 Å². The fourth-order valence-corrected chi connectivity index (χ4v) is 7.26. The van der Waals surface area contributed by atoms with Crippen LogP contribution >= 0.6 is 0 Å². The predicted octanol–water partition coefficient (Wildman–Crippen LogP) is 7.96. The summed E-state index contributed by atoms with van der Waals surface area (Å²) < 4.78 is 12.3. The van der Waals surface area contributed by atoms with E-state index >= 15 is 0 Å². The summed E-state index contributed by atoms with van der Waals surface area (Å²) in [4.78, 5) is 54.2. The second-order valence-electron chi connectivity index (χ2n) is 18.5. The molecule has 0 saturated carbocycles. The fraction of sp³-hybridized carbons (Fsp3) is 0.396. The number of phenols is 2. The Hall–Kier alpha value is -6.26. The van der Waals surface area contributed by atoms with Crippen LogP contribution < -0.4 is 30.5 Å². The minimum Gasteiger partial charge on any atom is -0.544 e. The third-order valence-electron chi connectivity index (χ3n) is 11.2. The lowest BCUT2D eigenvalue weighted by Gasteiger charge is -2.36. The lowest BCUT2D eigenvalue weighted by molar-refractivity contribution is -0.142. The molecule has 0 aliphatic rings. The van der Waals surface area contributed by atoms with Crippen LogP contribution in [0.15, 0.2) is 97.1 Å². The lowest BCUT2D eigenvalue weighted by Crippen LogP contribution is -2.43. The Morgan fingerprint density at radius 2 is 0.761 bits per heavy atom. The van der Waals surface area contributed by atoms with E-state index in [1.807, 2.05) is 24.3 Å². The molecule has 0 unspecified atom stereocenters. The molecule has 4 aromatic carbocycles. The summed E-state index contributed by atoms with van der Waals surface area (Å²) in [6, 6.07) is 22.5. The lowest BCUT2D eigenvalue weighted by atomic mass is 10.1. The first-order chi connectivity index (χ1) is 30.8. The van der Waals surface area contributed by atoms with Gasteiger partial charge in [-0.2, -0.15) is 0 Å². The van der Waals surface area contributed by atoms with Crippen LogP contribution in [0.25, 0.3) is 0 Å². The van der Waals surface area contributed by atoms with Gasteiger partial charge in [0, 0.05) is 6.92 Å². The van der Waals surface area contributed by atoms with Crippen molar-refractivity contribution in [3.05, 3.63) is 119 Å². The summed E-state index contributed by atoms with van der Waals surface area (Å²) in [5.74, 6) is -2.66. The number of aliphatic carboxylic acids is 4. The Labute approximate surface area is 395 Å². The van der Waals surface area contributed by atoms with E-state index in [1.165, 1.54) is 55.5 Å². The van der Waals surface area contributed by atoms with E-state index < -0.39 is 70.6 Å². The average Bonchev–Trinajstić information content (AvgIpc) is 3.21. The number of aromatic hydroxyl groups is 2. The van der Waals surface area contributed by atoms with Crippen molar-refractivity contribution in [2.75, 3.05) is 14.1 Å². The summed E-state index contributed by atoms with van der Waals surface area (Å²) in [5.41, 5.74) is 7.64. The number of nitrogens with two attached hydrogens (primary N) is 1. The SMILES string of the molecule is CC(=O)N[C@H](C(=O)O)c1ccc(O)cc1.CN[C@H](C(=O)O)c1ccc(O[Si](C)(C)C(C)(C)C)cc1.CN[C@H](C(=O)O)c1ccc(O[Si](C)(C)C(C)(C)C)cc1.N[C@H](C(=O)O)c1ccc(O)cc1. The van der Waals surface area contributed by atoms with Gasteiger partial charge in [-0.05, 0) is 121 Å². The van der Waals surface area contributed by atoms with Crippen molar-refractivity contribution in [1.82, 2.24) is 16.0 Å². The number of phenolic OH excluding ortho intramolecular Hbond substituents is 2. The molecule has 4 aromatic rings. The molecule has 0 heterocycles. The number of carbonyl (C=O) groups is 5. The number of benzene rings is 4. The normalized spacial score (nSPS) is 13.2. The number of nitrogens with one attached hydrogen (secondary N) is 3. The number of likely N-dealkylation sites (N-methyl/N-ethyl adjacent to an activating group) is 2. The molecule has 0 aliphatic carbocycles. The molecule has 0 bridgehead atoms. The fourth-order valence-electron chi connectivity index (χ4n) is 5.20. The Balaban J connectivity index is 0.000000455. The molecule has 368 valence electrons. The number of carboxylic acids is 4. The first-order valence-electron chi connectivity index (χ1n) is 21.2. The van der Waals surface area contributed by atoms with E-state index in [0.29, 0.717) is 11.1 Å². The zero-order valence-electron chi connectivity index (χ0n) is 40.7. The topological polar surface area (TPSA) is 287 Å². The zero-order chi connectivity index (χ0) is 51.7. The van der Waals surface area contributed by atoms with Crippen LogP contribution in [0, 0.1) is 0 Å². The standard InChI is InChI=1S/2C15H25NO3Si.C10H11NO4.C8H9NO3/c2*1-15(2,3)20(5,6)19-12-9-7-11(8-10-12)13(16-4)14(17)18;1-6(12)11-9(10(14)15)7-2-4-8(13)5-3-7;9-7(8(11)12)5-1-3-6(10)4-2-5/h2*7-10,13,16H,1-6H3,(H,17,18);2-5,9,13H,1H3,(H,11,12)(H,14,15);1-4,7,10H,9H2,(H,11,12)/t2*13-;9-;7-/m0000/s1. The van der Waals surface area contributed by atoms with Gasteiger partial charge in [-0.1, -0.05) is 90.1 Å². The minimum absolute atomic E-state index is 0.0470. The highest BCUT2D eigenvalue weighted by Gasteiger charge is 2.40. The maximum absolute atomic E-state index is 11.1. The van der Waals surface area contributed by atoms with Crippen molar-refractivity contribution < 1.29 is 63.5 Å². The van der Waals surface area contributed by atoms with Crippen molar-refractivity contribution in [3.63, 3.8) is 0 Å². The number of hydrogen-bond acceptors (Lipinski definition) is 12. The minimum atomic E-state index is -1.85. The molecule has 67 heavy (non-hydrogen) atoms. The molecule has 0 radical (unpaired) electrons. The molecule has 19 heteroatoms. The number of carbonyl (C=O) groups excluding carboxylic acids is 1. The molecule has 0 saturated heterocycles. The van der Waals surface area contributed by atoms with Crippen LogP contribution in [0.2, 0.25) is 36.3 Å². The Morgan fingerprint density at radius 3 is 1.00 bits per heavy atom. The van der Waals surface area contributed by atoms with Gasteiger partial charge in [0.2, 0.25) is 22.5 Å². The highest BCUT2D eigenvalue weighted by molar-refractivity contribution is 6.75. The van der Waals surface area contributed by atoms with Crippen molar-refractivity contribution in [2.45, 2.75) is 109 Å². The van der Waals surface area contributed by atoms with Crippen LogP contribution in [0.4, 0.5) is 0 Å². The molecular weight excluding hydrogens is 897 g/mol. The summed E-state index contributed by atoms with van der Waals surface area (Å²) in [6.45, 7) is 23.1. The van der Waals surface area contributed by atoms with Gasteiger partial charge in [-0.3, -0.25) is 19.2 Å². The molecule has 4 atom stereocenters. The quantitative estimate of drug-likeness (QED) is 0.0506. The third-order valence-corrected chi connectivity index (χ3v) is 19.9. The van der Waals surface area contributed by atoms with E-state index in [9.17, 15) is 24.0 Å². The molecule has 17 nitrogen and oxygen atoms in total. The van der Waals surface area contributed by atoms with Gasteiger partial charge in [0.1, 0.15) is 41.1 Å². The Bertz CT molecular complexity index is 2120. The summed E-state index contributed by atoms with van der Waals surface area (Å²) in [7, 11) is -0.429. The van der Waals surface area contributed by atoms with E-state index in [1.54, 1.807) is 38.4 Å².